The molecule has 1 unspecified atom stereocenters. The van der Waals surface area contributed by atoms with Gasteiger partial charge in [-0.1, -0.05) is 6.07 Å². The number of hydrogen-bond donors (Lipinski definition) is 2. The molecule has 6 nitrogen and oxygen atoms in total. The molecule has 0 saturated carbocycles. The molecule has 2 aliphatic rings. The van der Waals surface area contributed by atoms with Crippen LogP contribution in [0.4, 0.5) is 5.69 Å². The molecule has 2 N–H and O–H groups in total. The zero-order valence-corrected chi connectivity index (χ0v) is 13.8. The van der Waals surface area contributed by atoms with Gasteiger partial charge >= 0.3 is 0 Å². The molecule has 1 aromatic carbocycles. The number of benzene rings is 1. The van der Waals surface area contributed by atoms with Crippen molar-refractivity contribution in [2.24, 2.45) is 0 Å². The monoisotopic (exact) mass is 326 g/mol. The lowest BCUT2D eigenvalue weighted by molar-refractivity contribution is -0.135. The van der Waals surface area contributed by atoms with Crippen molar-refractivity contribution in [3.05, 3.63) is 30.0 Å². The summed E-state index contributed by atoms with van der Waals surface area (Å²) in [4.78, 5) is 26.1. The van der Waals surface area contributed by atoms with Crippen LogP contribution in [0, 0.1) is 6.92 Å². The first-order chi connectivity index (χ1) is 11.6. The van der Waals surface area contributed by atoms with Crippen molar-refractivity contribution in [1.82, 2.24) is 15.2 Å². The maximum atomic E-state index is 12.3. The van der Waals surface area contributed by atoms with E-state index in [2.05, 4.69) is 46.9 Å². The molecule has 0 bridgehead atoms. The normalized spacial score (nSPS) is 22.0. The summed E-state index contributed by atoms with van der Waals surface area (Å²) in [7, 11) is 0. The van der Waals surface area contributed by atoms with Crippen LogP contribution in [0.25, 0.3) is 10.9 Å². The molecule has 2 amide bonds. The van der Waals surface area contributed by atoms with Gasteiger partial charge in [0, 0.05) is 49.9 Å². The second-order valence-electron chi connectivity index (χ2n) is 6.59. The highest BCUT2D eigenvalue weighted by atomic mass is 16.2. The van der Waals surface area contributed by atoms with E-state index in [1.807, 2.05) is 4.57 Å². The molecule has 0 aliphatic carbocycles. The number of carbonyl (C=O) groups is 2. The third-order valence-corrected chi connectivity index (χ3v) is 5.03. The summed E-state index contributed by atoms with van der Waals surface area (Å²) in [6, 6.07) is 5.98. The van der Waals surface area contributed by atoms with Crippen molar-refractivity contribution < 1.29 is 9.59 Å². The predicted molar refractivity (Wildman–Crippen MR) is 93.2 cm³/mol. The number of carbonyl (C=O) groups excluding carboxylic acids is 2. The topological polar surface area (TPSA) is 66.4 Å². The van der Waals surface area contributed by atoms with Crippen molar-refractivity contribution in [3.8, 4) is 0 Å². The molecule has 2 aliphatic heterocycles. The SMILES string of the molecule is Cc1cn(C2CCC(=O)NC2=O)c2cccc(N3CCNCC3)c12. The third-order valence-electron chi connectivity index (χ3n) is 5.03. The Balaban J connectivity index is 1.78. The Morgan fingerprint density at radius 1 is 1.17 bits per heavy atom. The average molecular weight is 326 g/mol. The van der Waals surface area contributed by atoms with Crippen LogP contribution >= 0.6 is 0 Å². The van der Waals surface area contributed by atoms with Gasteiger partial charge < -0.3 is 14.8 Å². The Hall–Kier alpha value is -2.34. The molecule has 6 heteroatoms. The van der Waals surface area contributed by atoms with Crippen molar-refractivity contribution in [2.45, 2.75) is 25.8 Å². The van der Waals surface area contributed by atoms with Crippen LogP contribution in [0.2, 0.25) is 0 Å². The Morgan fingerprint density at radius 2 is 1.96 bits per heavy atom. The third kappa shape index (κ3) is 2.47. The number of nitrogens with zero attached hydrogens (tertiary/aromatic N) is 2. The van der Waals surface area contributed by atoms with E-state index in [1.165, 1.54) is 16.6 Å². The van der Waals surface area contributed by atoms with Gasteiger partial charge in [0.2, 0.25) is 11.8 Å². The summed E-state index contributed by atoms with van der Waals surface area (Å²) in [5, 5.41) is 7.06. The number of aromatic nitrogens is 1. The Labute approximate surface area is 140 Å². The van der Waals surface area contributed by atoms with E-state index in [0.717, 1.165) is 31.7 Å². The van der Waals surface area contributed by atoms with Crippen molar-refractivity contribution in [2.75, 3.05) is 31.1 Å². The zero-order valence-electron chi connectivity index (χ0n) is 13.8. The van der Waals surface area contributed by atoms with Gasteiger partial charge in [-0.3, -0.25) is 14.9 Å². The number of rotatable bonds is 2. The summed E-state index contributed by atoms with van der Waals surface area (Å²) >= 11 is 0. The number of aryl methyl sites for hydroxylation is 1. The van der Waals surface area contributed by atoms with Crippen LogP contribution in [0.1, 0.15) is 24.4 Å². The van der Waals surface area contributed by atoms with Crippen LogP contribution in [-0.2, 0) is 9.59 Å². The molecule has 2 saturated heterocycles. The van der Waals surface area contributed by atoms with Crippen molar-refractivity contribution in [3.63, 3.8) is 0 Å². The number of piperidine rings is 1. The van der Waals surface area contributed by atoms with E-state index in [4.69, 9.17) is 0 Å². The summed E-state index contributed by atoms with van der Waals surface area (Å²) in [6.07, 6.45) is 3.01. The first-order valence-electron chi connectivity index (χ1n) is 8.54. The molecule has 0 radical (unpaired) electrons. The Morgan fingerprint density at radius 3 is 2.71 bits per heavy atom. The number of hydrogen-bond acceptors (Lipinski definition) is 4. The molecule has 1 aromatic heterocycles. The van der Waals surface area contributed by atoms with Gasteiger partial charge in [-0.25, -0.2) is 0 Å². The van der Waals surface area contributed by atoms with Crippen LogP contribution in [0.5, 0.6) is 0 Å². The van der Waals surface area contributed by atoms with Gasteiger partial charge in [-0.2, -0.15) is 0 Å². The second-order valence-corrected chi connectivity index (χ2v) is 6.59. The first kappa shape index (κ1) is 15.2. The number of fused-ring (bicyclic) bond motifs is 1. The Bertz CT molecular complexity index is 805. The fourth-order valence-corrected chi connectivity index (χ4v) is 3.86. The van der Waals surface area contributed by atoms with E-state index >= 15 is 0 Å². The van der Waals surface area contributed by atoms with E-state index in [0.29, 0.717) is 12.8 Å². The van der Waals surface area contributed by atoms with Crippen LogP contribution < -0.4 is 15.5 Å². The predicted octanol–water partition coefficient (Wildman–Crippen LogP) is 1.34. The number of piperazine rings is 1. The van der Waals surface area contributed by atoms with E-state index in [-0.39, 0.29) is 17.9 Å². The zero-order chi connectivity index (χ0) is 16.7. The highest BCUT2D eigenvalue weighted by molar-refractivity contribution is 6.01. The standard InChI is InChI=1S/C18H22N4O2/c1-12-11-22(15-5-6-16(23)20-18(15)24)14-4-2-3-13(17(12)14)21-9-7-19-8-10-21/h2-4,11,15,19H,5-10H2,1H3,(H,20,23,24). The highest BCUT2D eigenvalue weighted by Gasteiger charge is 2.29. The highest BCUT2D eigenvalue weighted by Crippen LogP contribution is 2.34. The molecule has 1 atom stereocenters. The lowest BCUT2D eigenvalue weighted by atomic mass is 10.1. The van der Waals surface area contributed by atoms with Crippen LogP contribution in [0.15, 0.2) is 24.4 Å². The Kier molecular flexibility index (Phi) is 3.76. The van der Waals surface area contributed by atoms with E-state index < -0.39 is 0 Å². The molecular formula is C18H22N4O2. The second kappa shape index (κ2) is 5.94. The van der Waals surface area contributed by atoms with Gasteiger partial charge in [0.1, 0.15) is 6.04 Å². The molecule has 24 heavy (non-hydrogen) atoms. The molecule has 2 fully saturated rings. The first-order valence-corrected chi connectivity index (χ1v) is 8.54. The number of imide groups is 1. The minimum Gasteiger partial charge on any atom is -0.368 e. The summed E-state index contributed by atoms with van der Waals surface area (Å²) < 4.78 is 2.04. The van der Waals surface area contributed by atoms with Crippen molar-refractivity contribution in [1.29, 1.82) is 0 Å². The van der Waals surface area contributed by atoms with E-state index in [9.17, 15) is 9.59 Å². The molecule has 3 heterocycles. The van der Waals surface area contributed by atoms with Gasteiger partial charge in [-0.15, -0.1) is 0 Å². The van der Waals surface area contributed by atoms with Crippen LogP contribution in [0.3, 0.4) is 0 Å². The molecule has 126 valence electrons. The molecule has 0 spiro atoms. The largest absolute Gasteiger partial charge is 0.368 e. The van der Waals surface area contributed by atoms with Gasteiger partial charge in [0.15, 0.2) is 0 Å². The maximum Gasteiger partial charge on any atom is 0.249 e. The summed E-state index contributed by atoms with van der Waals surface area (Å²) in [5.41, 5.74) is 3.47. The summed E-state index contributed by atoms with van der Waals surface area (Å²) in [5.74, 6) is -0.373. The number of amides is 2. The fraction of sp³-hybridized carbons (Fsp3) is 0.444. The molecule has 4 rings (SSSR count). The smallest absolute Gasteiger partial charge is 0.249 e. The van der Waals surface area contributed by atoms with Crippen molar-refractivity contribution >= 4 is 28.4 Å². The van der Waals surface area contributed by atoms with Gasteiger partial charge in [-0.05, 0) is 31.0 Å². The number of nitrogens with one attached hydrogen (secondary N) is 2. The van der Waals surface area contributed by atoms with E-state index in [1.54, 1.807) is 0 Å². The average Bonchev–Trinajstić information content (AvgIpc) is 2.93. The quantitative estimate of drug-likeness (QED) is 0.818. The minimum absolute atomic E-state index is 0.175. The lowest BCUT2D eigenvalue weighted by Gasteiger charge is -2.30. The minimum atomic E-state index is -0.308. The maximum absolute atomic E-state index is 12.3. The van der Waals surface area contributed by atoms with Crippen LogP contribution in [-0.4, -0.2) is 42.6 Å². The number of anilines is 1. The van der Waals surface area contributed by atoms with Gasteiger partial charge in [0.25, 0.3) is 0 Å². The van der Waals surface area contributed by atoms with Gasteiger partial charge in [0.05, 0.1) is 5.52 Å². The molecular weight excluding hydrogens is 304 g/mol. The fourth-order valence-electron chi connectivity index (χ4n) is 3.86. The lowest BCUT2D eigenvalue weighted by Crippen LogP contribution is -2.43. The summed E-state index contributed by atoms with van der Waals surface area (Å²) in [6.45, 7) is 6.05. The molecule has 2 aromatic rings.